The lowest BCUT2D eigenvalue weighted by Gasteiger charge is -2.06. The van der Waals surface area contributed by atoms with Crippen LogP contribution in [0.3, 0.4) is 0 Å². The van der Waals surface area contributed by atoms with Gasteiger partial charge in [-0.3, -0.25) is 0 Å². The average molecular weight is 219 g/mol. The molecule has 78 valence electrons. The van der Waals surface area contributed by atoms with Gasteiger partial charge < -0.3 is 9.97 Å². The SMILES string of the molecule is CCCc1c(-c2ccc[nH]2)[nH]cnc1=S. The highest BCUT2D eigenvalue weighted by Gasteiger charge is 2.07. The van der Waals surface area contributed by atoms with Crippen molar-refractivity contribution in [3.8, 4) is 11.4 Å². The third kappa shape index (κ3) is 1.99. The normalized spacial score (nSPS) is 10.5. The van der Waals surface area contributed by atoms with E-state index in [1.54, 1.807) is 6.33 Å². The fraction of sp³-hybridized carbons (Fsp3) is 0.273. The molecule has 0 aliphatic heterocycles. The highest BCUT2D eigenvalue weighted by molar-refractivity contribution is 7.71. The van der Waals surface area contributed by atoms with Crippen LogP contribution in [0.25, 0.3) is 11.4 Å². The molecule has 4 heteroatoms. The van der Waals surface area contributed by atoms with E-state index in [2.05, 4.69) is 21.9 Å². The van der Waals surface area contributed by atoms with Gasteiger partial charge in [-0.15, -0.1) is 0 Å². The van der Waals surface area contributed by atoms with Crippen molar-refractivity contribution in [2.45, 2.75) is 19.8 Å². The van der Waals surface area contributed by atoms with Gasteiger partial charge in [0.1, 0.15) is 4.64 Å². The quantitative estimate of drug-likeness (QED) is 0.779. The van der Waals surface area contributed by atoms with E-state index in [1.165, 1.54) is 0 Å². The Morgan fingerprint density at radius 3 is 2.93 bits per heavy atom. The third-order valence-corrected chi connectivity index (χ3v) is 2.67. The number of aromatic nitrogens is 3. The van der Waals surface area contributed by atoms with E-state index in [0.29, 0.717) is 4.64 Å². The minimum atomic E-state index is 0.695. The van der Waals surface area contributed by atoms with Crippen LogP contribution in [0.2, 0.25) is 0 Å². The second-order valence-corrected chi connectivity index (χ2v) is 3.78. The zero-order valence-electron chi connectivity index (χ0n) is 8.58. The van der Waals surface area contributed by atoms with Crippen molar-refractivity contribution in [3.63, 3.8) is 0 Å². The molecule has 2 heterocycles. The molecule has 2 aromatic rings. The Balaban J connectivity index is 2.56. The van der Waals surface area contributed by atoms with Gasteiger partial charge in [-0.05, 0) is 18.6 Å². The van der Waals surface area contributed by atoms with Crippen LogP contribution in [-0.2, 0) is 6.42 Å². The molecule has 0 aliphatic rings. The summed E-state index contributed by atoms with van der Waals surface area (Å²) in [5.74, 6) is 0. The highest BCUT2D eigenvalue weighted by atomic mass is 32.1. The third-order valence-electron chi connectivity index (χ3n) is 2.32. The standard InChI is InChI=1S/C11H13N3S/c1-2-4-8-10(9-5-3-6-12-9)13-7-14-11(8)15/h3,5-7,12H,2,4H2,1H3,(H,13,14,15). The molecule has 0 saturated heterocycles. The molecule has 0 atom stereocenters. The Labute approximate surface area is 93.6 Å². The molecule has 0 fully saturated rings. The van der Waals surface area contributed by atoms with Crippen molar-refractivity contribution in [1.82, 2.24) is 15.0 Å². The molecule has 2 rings (SSSR count). The maximum atomic E-state index is 5.23. The first-order valence-electron chi connectivity index (χ1n) is 5.03. The van der Waals surface area contributed by atoms with Crippen LogP contribution in [0.15, 0.2) is 24.7 Å². The lowest BCUT2D eigenvalue weighted by Crippen LogP contribution is -1.96. The Morgan fingerprint density at radius 1 is 1.40 bits per heavy atom. The van der Waals surface area contributed by atoms with E-state index in [4.69, 9.17) is 12.2 Å². The van der Waals surface area contributed by atoms with Crippen molar-refractivity contribution in [3.05, 3.63) is 34.9 Å². The zero-order valence-corrected chi connectivity index (χ0v) is 9.40. The lowest BCUT2D eigenvalue weighted by molar-refractivity contribution is 0.897. The zero-order chi connectivity index (χ0) is 10.7. The van der Waals surface area contributed by atoms with Gasteiger partial charge in [0.25, 0.3) is 0 Å². The van der Waals surface area contributed by atoms with Gasteiger partial charge in [-0.2, -0.15) is 0 Å². The van der Waals surface area contributed by atoms with Crippen molar-refractivity contribution < 1.29 is 0 Å². The minimum Gasteiger partial charge on any atom is -0.360 e. The van der Waals surface area contributed by atoms with E-state index < -0.39 is 0 Å². The monoisotopic (exact) mass is 219 g/mol. The summed E-state index contributed by atoms with van der Waals surface area (Å²) >= 11 is 5.23. The molecular formula is C11H13N3S. The number of H-pyrrole nitrogens is 2. The molecular weight excluding hydrogens is 206 g/mol. The summed E-state index contributed by atoms with van der Waals surface area (Å²) in [4.78, 5) is 10.4. The van der Waals surface area contributed by atoms with Gasteiger partial charge in [-0.1, -0.05) is 25.6 Å². The van der Waals surface area contributed by atoms with Gasteiger partial charge in [0.2, 0.25) is 0 Å². The predicted molar refractivity (Wildman–Crippen MR) is 63.2 cm³/mol. The van der Waals surface area contributed by atoms with Crippen LogP contribution in [-0.4, -0.2) is 15.0 Å². The maximum Gasteiger partial charge on any atom is 0.133 e. The van der Waals surface area contributed by atoms with E-state index in [9.17, 15) is 0 Å². The first kappa shape index (κ1) is 10.1. The van der Waals surface area contributed by atoms with E-state index in [1.807, 2.05) is 18.3 Å². The van der Waals surface area contributed by atoms with Crippen LogP contribution in [0, 0.1) is 4.64 Å². The summed E-state index contributed by atoms with van der Waals surface area (Å²) in [7, 11) is 0. The summed E-state index contributed by atoms with van der Waals surface area (Å²) in [6.07, 6.45) is 5.58. The van der Waals surface area contributed by atoms with Crippen molar-refractivity contribution in [1.29, 1.82) is 0 Å². The lowest BCUT2D eigenvalue weighted by atomic mass is 10.1. The molecule has 2 aromatic heterocycles. The largest absolute Gasteiger partial charge is 0.360 e. The van der Waals surface area contributed by atoms with E-state index in [-0.39, 0.29) is 0 Å². The summed E-state index contributed by atoms with van der Waals surface area (Å²) in [6.45, 7) is 2.14. The highest BCUT2D eigenvalue weighted by Crippen LogP contribution is 2.20. The molecule has 0 bridgehead atoms. The van der Waals surface area contributed by atoms with Crippen molar-refractivity contribution >= 4 is 12.2 Å². The molecule has 0 saturated carbocycles. The smallest absolute Gasteiger partial charge is 0.133 e. The summed E-state index contributed by atoms with van der Waals surface area (Å²) < 4.78 is 0.695. The van der Waals surface area contributed by atoms with Gasteiger partial charge in [-0.25, -0.2) is 4.98 Å². The Bertz CT molecular complexity index is 485. The van der Waals surface area contributed by atoms with E-state index >= 15 is 0 Å². The molecule has 15 heavy (non-hydrogen) atoms. The van der Waals surface area contributed by atoms with Crippen LogP contribution in [0.1, 0.15) is 18.9 Å². The number of aromatic amines is 2. The Kier molecular flexibility index (Phi) is 2.97. The molecule has 0 radical (unpaired) electrons. The van der Waals surface area contributed by atoms with Gasteiger partial charge >= 0.3 is 0 Å². The van der Waals surface area contributed by atoms with Crippen LogP contribution in [0.4, 0.5) is 0 Å². The van der Waals surface area contributed by atoms with Gasteiger partial charge in [0, 0.05) is 11.8 Å². The molecule has 0 spiro atoms. The summed E-state index contributed by atoms with van der Waals surface area (Å²) in [5.41, 5.74) is 3.24. The number of hydrogen-bond donors (Lipinski definition) is 2. The minimum absolute atomic E-state index is 0.695. The maximum absolute atomic E-state index is 5.23. The second kappa shape index (κ2) is 4.40. The van der Waals surface area contributed by atoms with Gasteiger partial charge in [0.15, 0.2) is 0 Å². The van der Waals surface area contributed by atoms with E-state index in [0.717, 1.165) is 29.8 Å². The molecule has 0 unspecified atom stereocenters. The predicted octanol–water partition coefficient (Wildman–Crippen LogP) is 3.09. The molecule has 0 aromatic carbocycles. The first-order chi connectivity index (χ1) is 7.33. The molecule has 2 N–H and O–H groups in total. The van der Waals surface area contributed by atoms with Crippen LogP contribution in [0.5, 0.6) is 0 Å². The average Bonchev–Trinajstić information content (AvgIpc) is 2.74. The number of hydrogen-bond acceptors (Lipinski definition) is 2. The molecule has 0 amide bonds. The topological polar surface area (TPSA) is 44.5 Å². The molecule has 0 aliphatic carbocycles. The van der Waals surface area contributed by atoms with Crippen molar-refractivity contribution in [2.75, 3.05) is 0 Å². The first-order valence-corrected chi connectivity index (χ1v) is 5.44. The van der Waals surface area contributed by atoms with Gasteiger partial charge in [0.05, 0.1) is 17.7 Å². The fourth-order valence-corrected chi connectivity index (χ4v) is 1.89. The van der Waals surface area contributed by atoms with Crippen molar-refractivity contribution in [2.24, 2.45) is 0 Å². The van der Waals surface area contributed by atoms with Crippen LogP contribution >= 0.6 is 12.2 Å². The fourth-order valence-electron chi connectivity index (χ4n) is 1.64. The Morgan fingerprint density at radius 2 is 2.27 bits per heavy atom. The summed E-state index contributed by atoms with van der Waals surface area (Å²) in [6, 6.07) is 4.00. The molecule has 3 nitrogen and oxygen atoms in total. The number of nitrogens with zero attached hydrogens (tertiary/aromatic N) is 1. The summed E-state index contributed by atoms with van der Waals surface area (Å²) in [5, 5.41) is 0. The Hall–Kier alpha value is -1.42. The van der Waals surface area contributed by atoms with Crippen LogP contribution < -0.4 is 0 Å². The number of nitrogens with one attached hydrogen (secondary N) is 2. The number of rotatable bonds is 3. The second-order valence-electron chi connectivity index (χ2n) is 3.40.